The molecule has 192 valence electrons. The molecule has 0 amide bonds. The molecule has 10 nitrogen and oxygen atoms in total. The number of aromatic nitrogens is 7. The van der Waals surface area contributed by atoms with Gasteiger partial charge in [0.15, 0.2) is 5.82 Å². The lowest BCUT2D eigenvalue weighted by molar-refractivity contribution is 0.0696. The second-order valence-corrected chi connectivity index (χ2v) is 9.09. The molecule has 0 aliphatic rings. The smallest absolute Gasteiger partial charge is 0.337 e. The average molecular weight is 510 g/mol. The number of aromatic amines is 1. The van der Waals surface area contributed by atoms with E-state index in [2.05, 4.69) is 32.5 Å². The number of nitrogens with one attached hydrogen (secondary N) is 1. The van der Waals surface area contributed by atoms with E-state index in [0.29, 0.717) is 24.5 Å². The lowest BCUT2D eigenvalue weighted by Gasteiger charge is -2.10. The van der Waals surface area contributed by atoms with E-state index in [1.165, 1.54) is 10.6 Å². The number of rotatable bonds is 9. The zero-order chi connectivity index (χ0) is 26.6. The van der Waals surface area contributed by atoms with E-state index >= 15 is 0 Å². The van der Waals surface area contributed by atoms with Gasteiger partial charge in [-0.05, 0) is 59.5 Å². The summed E-state index contributed by atoms with van der Waals surface area (Å²) in [7, 11) is 0. The SMILES string of the molecule is CCCCc1cn(-c2c(C)cccc2C(=O)O)c(=O)n1Cc1ccc(-c2ncccc2-c2nnn[nH]2)cc1. The molecule has 0 bridgehead atoms. The predicted molar refractivity (Wildman–Crippen MR) is 142 cm³/mol. The quantitative estimate of drug-likeness (QED) is 0.303. The molecule has 0 radical (unpaired) electrons. The van der Waals surface area contributed by atoms with Gasteiger partial charge in [0.05, 0.1) is 23.5 Å². The number of hydrogen-bond acceptors (Lipinski definition) is 6. The first-order valence-corrected chi connectivity index (χ1v) is 12.4. The highest BCUT2D eigenvalue weighted by atomic mass is 16.4. The monoisotopic (exact) mass is 509 g/mol. The molecule has 0 unspecified atom stereocenters. The maximum absolute atomic E-state index is 13.6. The first-order chi connectivity index (χ1) is 18.5. The van der Waals surface area contributed by atoms with E-state index in [1.54, 1.807) is 23.0 Å². The van der Waals surface area contributed by atoms with Crippen LogP contribution in [0.5, 0.6) is 0 Å². The summed E-state index contributed by atoms with van der Waals surface area (Å²) < 4.78 is 3.21. The van der Waals surface area contributed by atoms with Crippen LogP contribution in [0.15, 0.2) is 71.8 Å². The van der Waals surface area contributed by atoms with Crippen LogP contribution in [0.25, 0.3) is 28.3 Å². The number of imidazole rings is 1. The summed E-state index contributed by atoms with van der Waals surface area (Å²) in [6.07, 6.45) is 6.11. The first kappa shape index (κ1) is 24.8. The third-order valence-electron chi connectivity index (χ3n) is 6.53. The minimum Gasteiger partial charge on any atom is -0.478 e. The molecule has 10 heteroatoms. The largest absolute Gasteiger partial charge is 0.478 e. The molecule has 5 aromatic rings. The molecule has 3 heterocycles. The minimum absolute atomic E-state index is 0.101. The molecule has 0 saturated heterocycles. The Morgan fingerprint density at radius 1 is 1.08 bits per heavy atom. The maximum Gasteiger partial charge on any atom is 0.337 e. The Balaban J connectivity index is 1.51. The Morgan fingerprint density at radius 3 is 2.61 bits per heavy atom. The minimum atomic E-state index is -1.07. The van der Waals surface area contributed by atoms with Crippen molar-refractivity contribution in [2.24, 2.45) is 0 Å². The molecule has 0 atom stereocenters. The highest BCUT2D eigenvalue weighted by Crippen LogP contribution is 2.28. The number of carbonyl (C=O) groups is 1. The molecule has 0 spiro atoms. The lowest BCUT2D eigenvalue weighted by Crippen LogP contribution is -2.26. The second kappa shape index (κ2) is 10.6. The van der Waals surface area contributed by atoms with E-state index in [9.17, 15) is 14.7 Å². The molecular formula is C28H27N7O3. The molecule has 38 heavy (non-hydrogen) atoms. The van der Waals surface area contributed by atoms with E-state index < -0.39 is 5.97 Å². The van der Waals surface area contributed by atoms with E-state index in [4.69, 9.17) is 0 Å². The van der Waals surface area contributed by atoms with E-state index in [1.807, 2.05) is 49.4 Å². The number of benzene rings is 2. The number of aryl methyl sites for hydroxylation is 2. The number of tetrazole rings is 1. The van der Waals surface area contributed by atoms with E-state index in [0.717, 1.165) is 46.5 Å². The van der Waals surface area contributed by atoms with Crippen molar-refractivity contribution in [1.82, 2.24) is 34.7 Å². The Morgan fingerprint density at radius 2 is 1.89 bits per heavy atom. The van der Waals surface area contributed by atoms with Crippen LogP contribution in [-0.2, 0) is 13.0 Å². The van der Waals surface area contributed by atoms with Crippen molar-refractivity contribution in [2.45, 2.75) is 39.7 Å². The standard InChI is InChI=1S/C28H27N7O3/c1-3-4-8-21-17-35(25-18(2)7-5-9-23(25)27(36)37)28(38)34(21)16-19-11-13-20(14-12-19)24-22(10-6-15-29-24)26-30-32-33-31-26/h5-7,9-15,17H,3-4,8,16H2,1-2H3,(H,36,37)(H,30,31,32,33). The van der Waals surface area contributed by atoms with Crippen LogP contribution in [0.4, 0.5) is 0 Å². The number of unbranched alkanes of at least 4 members (excludes halogenated alkanes) is 1. The summed E-state index contributed by atoms with van der Waals surface area (Å²) in [5.41, 5.74) is 5.19. The Kier molecular flexibility index (Phi) is 6.94. The average Bonchev–Trinajstić information content (AvgIpc) is 3.57. The molecule has 0 saturated carbocycles. The Labute approximate surface area is 218 Å². The van der Waals surface area contributed by atoms with Crippen LogP contribution in [0.1, 0.15) is 46.9 Å². The number of aromatic carboxylic acids is 1. The zero-order valence-electron chi connectivity index (χ0n) is 21.1. The molecule has 2 aromatic carbocycles. The number of hydrogen-bond donors (Lipinski definition) is 2. The first-order valence-electron chi connectivity index (χ1n) is 12.4. The van der Waals surface area contributed by atoms with Crippen molar-refractivity contribution in [1.29, 1.82) is 0 Å². The number of carboxylic acids is 1. The molecule has 0 aliphatic carbocycles. The van der Waals surface area contributed by atoms with Gasteiger partial charge in [0.2, 0.25) is 0 Å². The van der Waals surface area contributed by atoms with Crippen molar-refractivity contribution in [3.8, 4) is 28.3 Å². The third kappa shape index (κ3) is 4.75. The van der Waals surface area contributed by atoms with Crippen molar-refractivity contribution in [3.63, 3.8) is 0 Å². The van der Waals surface area contributed by atoms with Gasteiger partial charge in [-0.1, -0.05) is 49.7 Å². The summed E-state index contributed by atoms with van der Waals surface area (Å²) in [6, 6.07) is 16.6. The zero-order valence-corrected chi connectivity index (χ0v) is 21.1. The summed E-state index contributed by atoms with van der Waals surface area (Å²) in [4.78, 5) is 30.1. The van der Waals surface area contributed by atoms with Crippen LogP contribution in [0.2, 0.25) is 0 Å². The van der Waals surface area contributed by atoms with Gasteiger partial charge < -0.3 is 5.11 Å². The Bertz CT molecular complexity index is 1630. The fourth-order valence-corrected chi connectivity index (χ4v) is 4.62. The van der Waals surface area contributed by atoms with Gasteiger partial charge in [0.25, 0.3) is 0 Å². The second-order valence-electron chi connectivity index (χ2n) is 9.09. The summed E-state index contributed by atoms with van der Waals surface area (Å²) >= 11 is 0. The molecule has 5 rings (SSSR count). The number of para-hydroxylation sites is 1. The van der Waals surface area contributed by atoms with Gasteiger partial charge in [0, 0.05) is 29.2 Å². The summed E-state index contributed by atoms with van der Waals surface area (Å²) in [5, 5.41) is 23.9. The number of nitrogens with zero attached hydrogens (tertiary/aromatic N) is 6. The molecule has 0 aliphatic heterocycles. The molecule has 2 N–H and O–H groups in total. The summed E-state index contributed by atoms with van der Waals surface area (Å²) in [5.74, 6) is -0.536. The summed E-state index contributed by atoms with van der Waals surface area (Å²) in [6.45, 7) is 4.28. The van der Waals surface area contributed by atoms with Crippen molar-refractivity contribution >= 4 is 5.97 Å². The maximum atomic E-state index is 13.6. The van der Waals surface area contributed by atoms with Crippen LogP contribution < -0.4 is 5.69 Å². The van der Waals surface area contributed by atoms with Gasteiger partial charge in [-0.3, -0.25) is 14.1 Å². The van der Waals surface area contributed by atoms with Crippen molar-refractivity contribution < 1.29 is 9.90 Å². The number of pyridine rings is 1. The topological polar surface area (TPSA) is 132 Å². The van der Waals surface area contributed by atoms with Crippen molar-refractivity contribution in [2.75, 3.05) is 0 Å². The van der Waals surface area contributed by atoms with Gasteiger partial charge >= 0.3 is 11.7 Å². The molecular weight excluding hydrogens is 482 g/mol. The van der Waals surface area contributed by atoms with Gasteiger partial charge in [0.1, 0.15) is 0 Å². The fourth-order valence-electron chi connectivity index (χ4n) is 4.62. The van der Waals surface area contributed by atoms with Crippen LogP contribution in [-0.4, -0.2) is 45.8 Å². The third-order valence-corrected chi connectivity index (χ3v) is 6.53. The number of carboxylic acid groups (broad SMARTS) is 1. The molecule has 0 fully saturated rings. The van der Waals surface area contributed by atoms with E-state index in [-0.39, 0.29) is 11.3 Å². The van der Waals surface area contributed by atoms with Gasteiger partial charge in [-0.15, -0.1) is 5.10 Å². The highest BCUT2D eigenvalue weighted by Gasteiger charge is 2.20. The van der Waals surface area contributed by atoms with Crippen LogP contribution in [0, 0.1) is 6.92 Å². The Hall–Kier alpha value is -4.86. The fraction of sp³-hybridized carbons (Fsp3) is 0.214. The predicted octanol–water partition coefficient (Wildman–Crippen LogP) is 4.28. The lowest BCUT2D eigenvalue weighted by atomic mass is 10.0. The van der Waals surface area contributed by atoms with Crippen molar-refractivity contribution in [3.05, 3.63) is 99.9 Å². The molecule has 3 aromatic heterocycles. The van der Waals surface area contributed by atoms with Gasteiger partial charge in [-0.25, -0.2) is 14.7 Å². The van der Waals surface area contributed by atoms with Gasteiger partial charge in [-0.2, -0.15) is 0 Å². The highest BCUT2D eigenvalue weighted by molar-refractivity contribution is 5.92. The van der Waals surface area contributed by atoms with Crippen LogP contribution >= 0.6 is 0 Å². The number of H-pyrrole nitrogens is 1. The normalized spacial score (nSPS) is 11.1. The van der Waals surface area contributed by atoms with Crippen LogP contribution in [0.3, 0.4) is 0 Å².